The van der Waals surface area contributed by atoms with Crippen LogP contribution in [0.15, 0.2) is 89.9 Å². The van der Waals surface area contributed by atoms with Gasteiger partial charge in [-0.3, -0.25) is 9.59 Å². The lowest BCUT2D eigenvalue weighted by molar-refractivity contribution is 0.102. The molecule has 5 rings (SSSR count). The maximum Gasteiger partial charge on any atom is 0.257 e. The number of amides is 1. The van der Waals surface area contributed by atoms with Crippen LogP contribution in [0, 0.1) is 5.82 Å². The van der Waals surface area contributed by atoms with Gasteiger partial charge in [-0.05, 0) is 60.7 Å². The Balaban J connectivity index is 1.43. The quantitative estimate of drug-likeness (QED) is 0.346. The van der Waals surface area contributed by atoms with Gasteiger partial charge in [-0.25, -0.2) is 9.37 Å². The molecule has 0 atom stereocenters. The van der Waals surface area contributed by atoms with E-state index < -0.39 is 0 Å². The molecule has 0 fully saturated rings. The molecule has 0 saturated carbocycles. The van der Waals surface area contributed by atoms with E-state index in [1.54, 1.807) is 36.5 Å². The van der Waals surface area contributed by atoms with Gasteiger partial charge < -0.3 is 15.6 Å². The standard InChI is InChI=1S/C25H17FN4O2/c26-16-7-11-18(12-8-16)29-24(31)15-5-9-17(10-6-15)28-21-13-14-27-23-22(21)19-3-1-2-4-20(19)25(32)30-23/h1-14H,(H,29,31)(H2,27,28,30,32). The summed E-state index contributed by atoms with van der Waals surface area (Å²) >= 11 is 0. The first-order valence-corrected chi connectivity index (χ1v) is 9.92. The highest BCUT2D eigenvalue weighted by Gasteiger charge is 2.11. The molecule has 0 spiro atoms. The molecular weight excluding hydrogens is 407 g/mol. The second kappa shape index (κ2) is 7.96. The third kappa shape index (κ3) is 3.67. The number of halogens is 1. The molecule has 3 aromatic carbocycles. The molecule has 5 aromatic rings. The van der Waals surface area contributed by atoms with Crippen molar-refractivity contribution >= 4 is 44.8 Å². The lowest BCUT2D eigenvalue weighted by atomic mass is 10.1. The van der Waals surface area contributed by atoms with Gasteiger partial charge in [-0.15, -0.1) is 0 Å². The van der Waals surface area contributed by atoms with Crippen LogP contribution in [0.1, 0.15) is 10.4 Å². The van der Waals surface area contributed by atoms with Crippen molar-refractivity contribution in [3.63, 3.8) is 0 Å². The van der Waals surface area contributed by atoms with Gasteiger partial charge >= 0.3 is 0 Å². The van der Waals surface area contributed by atoms with Crippen LogP contribution in [-0.4, -0.2) is 15.9 Å². The van der Waals surface area contributed by atoms with Crippen molar-refractivity contribution in [2.75, 3.05) is 10.6 Å². The first kappa shape index (κ1) is 19.4. The molecule has 3 N–H and O–H groups in total. The summed E-state index contributed by atoms with van der Waals surface area (Å²) in [6.45, 7) is 0. The van der Waals surface area contributed by atoms with Gasteiger partial charge in [-0.1, -0.05) is 18.2 Å². The average molecular weight is 424 g/mol. The van der Waals surface area contributed by atoms with Gasteiger partial charge in [0.25, 0.3) is 11.5 Å². The molecule has 7 heteroatoms. The van der Waals surface area contributed by atoms with Crippen molar-refractivity contribution in [1.29, 1.82) is 0 Å². The summed E-state index contributed by atoms with van der Waals surface area (Å²) in [6, 6.07) is 21.8. The van der Waals surface area contributed by atoms with E-state index in [2.05, 4.69) is 20.6 Å². The molecule has 0 aliphatic carbocycles. The predicted octanol–water partition coefficient (Wildman–Crippen LogP) is 5.21. The zero-order valence-electron chi connectivity index (χ0n) is 16.7. The molecule has 0 aliphatic heterocycles. The molecule has 32 heavy (non-hydrogen) atoms. The number of rotatable bonds is 4. The second-order valence-electron chi connectivity index (χ2n) is 7.25. The molecule has 1 amide bonds. The van der Waals surface area contributed by atoms with Crippen LogP contribution in [-0.2, 0) is 0 Å². The lowest BCUT2D eigenvalue weighted by Crippen LogP contribution is -2.11. The largest absolute Gasteiger partial charge is 0.355 e. The highest BCUT2D eigenvalue weighted by molar-refractivity contribution is 6.11. The second-order valence-corrected chi connectivity index (χ2v) is 7.25. The molecule has 0 bridgehead atoms. The van der Waals surface area contributed by atoms with Crippen molar-refractivity contribution < 1.29 is 9.18 Å². The normalized spacial score (nSPS) is 10.9. The molecule has 6 nitrogen and oxygen atoms in total. The van der Waals surface area contributed by atoms with Crippen LogP contribution in [0.2, 0.25) is 0 Å². The molecule has 0 aliphatic rings. The maximum absolute atomic E-state index is 13.0. The topological polar surface area (TPSA) is 86.9 Å². The van der Waals surface area contributed by atoms with E-state index in [1.165, 1.54) is 24.3 Å². The fraction of sp³-hybridized carbons (Fsp3) is 0. The van der Waals surface area contributed by atoms with Crippen molar-refractivity contribution in [3.05, 3.63) is 107 Å². The number of fused-ring (bicyclic) bond motifs is 3. The first-order valence-electron chi connectivity index (χ1n) is 9.92. The van der Waals surface area contributed by atoms with Gasteiger partial charge in [0.2, 0.25) is 0 Å². The summed E-state index contributed by atoms with van der Waals surface area (Å²) in [5, 5.41) is 8.28. The van der Waals surface area contributed by atoms with E-state index in [-0.39, 0.29) is 17.3 Å². The minimum Gasteiger partial charge on any atom is -0.355 e. The van der Waals surface area contributed by atoms with Gasteiger partial charge in [0, 0.05) is 39.3 Å². The minimum absolute atomic E-state index is 0.186. The Morgan fingerprint density at radius 3 is 2.28 bits per heavy atom. The number of carbonyl (C=O) groups is 1. The number of nitrogens with one attached hydrogen (secondary N) is 3. The summed E-state index contributed by atoms with van der Waals surface area (Å²) in [5.41, 5.74) is 2.84. The number of anilines is 3. The van der Waals surface area contributed by atoms with Crippen LogP contribution >= 0.6 is 0 Å². The van der Waals surface area contributed by atoms with Crippen LogP contribution in [0.25, 0.3) is 21.8 Å². The monoisotopic (exact) mass is 424 g/mol. The van der Waals surface area contributed by atoms with Crippen molar-refractivity contribution in [2.24, 2.45) is 0 Å². The molecule has 0 saturated heterocycles. The van der Waals surface area contributed by atoms with E-state index in [0.29, 0.717) is 22.3 Å². The van der Waals surface area contributed by atoms with Gasteiger partial charge in [0.15, 0.2) is 0 Å². The number of aromatic nitrogens is 2. The zero-order chi connectivity index (χ0) is 22.1. The van der Waals surface area contributed by atoms with E-state index in [0.717, 1.165) is 22.1 Å². The number of hydrogen-bond donors (Lipinski definition) is 3. The number of nitrogens with zero attached hydrogens (tertiary/aromatic N) is 1. The highest BCUT2D eigenvalue weighted by Crippen LogP contribution is 2.29. The summed E-state index contributed by atoms with van der Waals surface area (Å²) in [6.07, 6.45) is 1.62. The highest BCUT2D eigenvalue weighted by atomic mass is 19.1. The van der Waals surface area contributed by atoms with Gasteiger partial charge in [-0.2, -0.15) is 0 Å². The molecule has 156 valence electrons. The molecular formula is C25H17FN4O2. The Bertz CT molecular complexity index is 1510. The third-order valence-corrected chi connectivity index (χ3v) is 5.15. The third-order valence-electron chi connectivity index (χ3n) is 5.15. The number of pyridine rings is 2. The van der Waals surface area contributed by atoms with Crippen LogP contribution in [0.5, 0.6) is 0 Å². The molecule has 0 radical (unpaired) electrons. The number of carbonyl (C=O) groups excluding carboxylic acids is 1. The molecule has 2 aromatic heterocycles. The van der Waals surface area contributed by atoms with Gasteiger partial charge in [0.1, 0.15) is 11.5 Å². The SMILES string of the molecule is O=C(Nc1ccc(F)cc1)c1ccc(Nc2ccnc3[nH]c(=O)c4ccccc4c23)cc1. The minimum atomic E-state index is -0.362. The fourth-order valence-electron chi connectivity index (χ4n) is 3.60. The Labute approximate surface area is 181 Å². The Hall–Kier alpha value is -4.52. The van der Waals surface area contributed by atoms with Crippen molar-refractivity contribution in [1.82, 2.24) is 9.97 Å². The molecule has 2 heterocycles. The van der Waals surface area contributed by atoms with E-state index >= 15 is 0 Å². The zero-order valence-corrected chi connectivity index (χ0v) is 16.7. The average Bonchev–Trinajstić information content (AvgIpc) is 2.81. The summed E-state index contributed by atoms with van der Waals surface area (Å²) in [4.78, 5) is 31.9. The van der Waals surface area contributed by atoms with Crippen molar-refractivity contribution in [3.8, 4) is 0 Å². The summed E-state index contributed by atoms with van der Waals surface area (Å²) < 4.78 is 13.0. The van der Waals surface area contributed by atoms with E-state index in [4.69, 9.17) is 0 Å². The number of benzene rings is 3. The first-order chi connectivity index (χ1) is 15.6. The van der Waals surface area contributed by atoms with Crippen LogP contribution in [0.3, 0.4) is 0 Å². The lowest BCUT2D eigenvalue weighted by Gasteiger charge is -2.12. The Kier molecular flexibility index (Phi) is 4.84. The summed E-state index contributed by atoms with van der Waals surface area (Å²) in [5.74, 6) is -0.653. The predicted molar refractivity (Wildman–Crippen MR) is 124 cm³/mol. The van der Waals surface area contributed by atoms with Crippen LogP contribution in [0.4, 0.5) is 21.5 Å². The fourth-order valence-corrected chi connectivity index (χ4v) is 3.60. The maximum atomic E-state index is 13.0. The smallest absolute Gasteiger partial charge is 0.257 e. The van der Waals surface area contributed by atoms with E-state index in [1.807, 2.05) is 24.3 Å². The number of aromatic amines is 1. The number of hydrogen-bond acceptors (Lipinski definition) is 4. The number of H-pyrrole nitrogens is 1. The summed E-state index contributed by atoms with van der Waals surface area (Å²) in [7, 11) is 0. The van der Waals surface area contributed by atoms with Crippen molar-refractivity contribution in [2.45, 2.75) is 0 Å². The van der Waals surface area contributed by atoms with E-state index in [9.17, 15) is 14.0 Å². The Morgan fingerprint density at radius 2 is 1.53 bits per heavy atom. The molecule has 0 unspecified atom stereocenters. The van der Waals surface area contributed by atoms with Crippen LogP contribution < -0.4 is 16.2 Å². The Morgan fingerprint density at radius 1 is 0.844 bits per heavy atom. The van der Waals surface area contributed by atoms with Gasteiger partial charge in [0.05, 0.1) is 5.69 Å².